The molecule has 0 unspecified atom stereocenters. The van der Waals surface area contributed by atoms with E-state index in [1.165, 1.54) is 0 Å². The van der Waals surface area contributed by atoms with Crippen LogP contribution in [0.2, 0.25) is 0 Å². The van der Waals surface area contributed by atoms with E-state index in [2.05, 4.69) is 31.2 Å². The zero-order chi connectivity index (χ0) is 17.3. The van der Waals surface area contributed by atoms with Gasteiger partial charge >= 0.3 is 0 Å². The summed E-state index contributed by atoms with van der Waals surface area (Å²) in [4.78, 5) is 13.2. The van der Waals surface area contributed by atoms with E-state index < -0.39 is 0 Å². The number of benzene rings is 3. The number of rotatable bonds is 3. The third kappa shape index (κ3) is 3.16. The molecule has 120 valence electrons. The molecule has 0 saturated carbocycles. The van der Waals surface area contributed by atoms with Crippen molar-refractivity contribution >= 4 is 5.78 Å². The Bertz CT molecular complexity index is 885. The van der Waals surface area contributed by atoms with Crippen molar-refractivity contribution < 1.29 is 4.79 Å². The highest BCUT2D eigenvalue weighted by atomic mass is 16.1. The number of ketones is 1. The summed E-state index contributed by atoms with van der Waals surface area (Å²) in [7, 11) is 0. The van der Waals surface area contributed by atoms with Crippen molar-refractivity contribution in [2.75, 3.05) is 0 Å². The third-order valence-electron chi connectivity index (χ3n) is 4.27. The maximum absolute atomic E-state index is 13.2. The molecule has 0 heterocycles. The van der Waals surface area contributed by atoms with Gasteiger partial charge in [-0.2, -0.15) is 0 Å². The second-order valence-corrected chi connectivity index (χ2v) is 6.58. The van der Waals surface area contributed by atoms with E-state index in [0.717, 1.165) is 44.5 Å². The Labute approximate surface area is 144 Å². The van der Waals surface area contributed by atoms with Gasteiger partial charge in [-0.05, 0) is 62.6 Å². The first-order valence-electron chi connectivity index (χ1n) is 8.25. The smallest absolute Gasteiger partial charge is 0.193 e. The molecule has 0 bridgehead atoms. The molecule has 0 aromatic heterocycles. The van der Waals surface area contributed by atoms with Crippen LogP contribution >= 0.6 is 0 Å². The van der Waals surface area contributed by atoms with Crippen LogP contribution in [0, 0.1) is 27.7 Å². The first-order valence-corrected chi connectivity index (χ1v) is 8.25. The van der Waals surface area contributed by atoms with E-state index in [9.17, 15) is 4.79 Å². The van der Waals surface area contributed by atoms with Crippen molar-refractivity contribution in [3.05, 3.63) is 94.0 Å². The fraction of sp³-hybridized carbons (Fsp3) is 0.174. The fourth-order valence-electron chi connectivity index (χ4n) is 3.40. The van der Waals surface area contributed by atoms with Crippen molar-refractivity contribution in [1.82, 2.24) is 0 Å². The molecule has 24 heavy (non-hydrogen) atoms. The maximum Gasteiger partial charge on any atom is 0.193 e. The first kappa shape index (κ1) is 16.2. The second kappa shape index (κ2) is 6.45. The first-order chi connectivity index (χ1) is 11.5. The average Bonchev–Trinajstić information content (AvgIpc) is 2.53. The minimum absolute atomic E-state index is 0.0902. The van der Waals surface area contributed by atoms with Crippen LogP contribution in [-0.4, -0.2) is 5.78 Å². The van der Waals surface area contributed by atoms with Crippen molar-refractivity contribution in [2.24, 2.45) is 0 Å². The van der Waals surface area contributed by atoms with Crippen LogP contribution in [0.4, 0.5) is 0 Å². The lowest BCUT2D eigenvalue weighted by atomic mass is 9.88. The van der Waals surface area contributed by atoms with Gasteiger partial charge < -0.3 is 0 Å². The summed E-state index contributed by atoms with van der Waals surface area (Å²) in [6.45, 7) is 8.18. The molecule has 0 atom stereocenters. The normalized spacial score (nSPS) is 10.7. The number of carbonyl (C=O) groups excluding carboxylic acids is 1. The lowest BCUT2D eigenvalue weighted by molar-refractivity contribution is 0.103. The molecule has 0 aliphatic carbocycles. The van der Waals surface area contributed by atoms with Gasteiger partial charge in [0.15, 0.2) is 5.78 Å². The predicted octanol–water partition coefficient (Wildman–Crippen LogP) is 5.82. The molecule has 3 aromatic rings. The summed E-state index contributed by atoms with van der Waals surface area (Å²) < 4.78 is 0. The Kier molecular flexibility index (Phi) is 4.35. The van der Waals surface area contributed by atoms with Gasteiger partial charge in [0.1, 0.15) is 0 Å². The van der Waals surface area contributed by atoms with E-state index in [4.69, 9.17) is 0 Å². The van der Waals surface area contributed by atoms with Gasteiger partial charge in [0.2, 0.25) is 0 Å². The number of carbonyl (C=O) groups is 1. The number of hydrogen-bond acceptors (Lipinski definition) is 1. The zero-order valence-electron chi connectivity index (χ0n) is 14.7. The molecule has 0 radical (unpaired) electrons. The van der Waals surface area contributed by atoms with Crippen molar-refractivity contribution in [2.45, 2.75) is 27.7 Å². The van der Waals surface area contributed by atoms with Crippen LogP contribution in [0.25, 0.3) is 11.1 Å². The van der Waals surface area contributed by atoms with Crippen LogP contribution in [-0.2, 0) is 0 Å². The molecular weight excluding hydrogens is 292 g/mol. The molecule has 3 rings (SSSR count). The Hall–Kier alpha value is -2.67. The van der Waals surface area contributed by atoms with Gasteiger partial charge in [0.05, 0.1) is 0 Å². The molecule has 1 heteroatoms. The number of hydrogen-bond donors (Lipinski definition) is 0. The van der Waals surface area contributed by atoms with Gasteiger partial charge in [0.25, 0.3) is 0 Å². The minimum atomic E-state index is 0.0902. The SMILES string of the molecule is Cc1cc(C)cc(C(=O)c2cc(C)cc(C)c2-c2ccccc2)c1. The summed E-state index contributed by atoms with van der Waals surface area (Å²) in [5, 5.41) is 0. The van der Waals surface area contributed by atoms with Crippen LogP contribution in [0.3, 0.4) is 0 Å². The molecule has 0 amide bonds. The Balaban J connectivity index is 2.22. The molecule has 0 aliphatic rings. The summed E-state index contributed by atoms with van der Waals surface area (Å²) in [5.41, 5.74) is 8.13. The lowest BCUT2D eigenvalue weighted by Gasteiger charge is -2.14. The summed E-state index contributed by atoms with van der Waals surface area (Å²) >= 11 is 0. The minimum Gasteiger partial charge on any atom is -0.289 e. The quantitative estimate of drug-likeness (QED) is 0.557. The van der Waals surface area contributed by atoms with Gasteiger partial charge in [-0.3, -0.25) is 4.79 Å². The Morgan fingerprint density at radius 1 is 0.708 bits per heavy atom. The molecule has 0 saturated heterocycles. The maximum atomic E-state index is 13.2. The Morgan fingerprint density at radius 3 is 1.92 bits per heavy atom. The van der Waals surface area contributed by atoms with Crippen molar-refractivity contribution in [1.29, 1.82) is 0 Å². The molecule has 3 aromatic carbocycles. The lowest BCUT2D eigenvalue weighted by Crippen LogP contribution is -2.06. The zero-order valence-corrected chi connectivity index (χ0v) is 14.7. The van der Waals surface area contributed by atoms with E-state index in [-0.39, 0.29) is 5.78 Å². The summed E-state index contributed by atoms with van der Waals surface area (Å²) in [6, 6.07) is 20.3. The molecular formula is C23H22O. The topological polar surface area (TPSA) is 17.1 Å². The predicted molar refractivity (Wildman–Crippen MR) is 101 cm³/mol. The summed E-state index contributed by atoms with van der Waals surface area (Å²) in [6.07, 6.45) is 0. The molecule has 0 aliphatic heterocycles. The molecule has 0 spiro atoms. The van der Waals surface area contributed by atoms with Crippen molar-refractivity contribution in [3.63, 3.8) is 0 Å². The third-order valence-corrected chi connectivity index (χ3v) is 4.27. The standard InChI is InChI=1S/C23H22O/c1-15-10-16(2)13-20(12-15)23(24)21-14-17(3)11-18(4)22(21)19-8-6-5-7-9-19/h5-14H,1-4H3. The van der Waals surface area contributed by atoms with Gasteiger partial charge in [-0.15, -0.1) is 0 Å². The largest absolute Gasteiger partial charge is 0.289 e. The van der Waals surface area contributed by atoms with E-state index in [1.807, 2.05) is 57.2 Å². The van der Waals surface area contributed by atoms with Crippen molar-refractivity contribution in [3.8, 4) is 11.1 Å². The van der Waals surface area contributed by atoms with Crippen LogP contribution in [0.15, 0.2) is 60.7 Å². The van der Waals surface area contributed by atoms with E-state index in [1.54, 1.807) is 0 Å². The molecule has 1 nitrogen and oxygen atoms in total. The van der Waals surface area contributed by atoms with Crippen LogP contribution in [0.1, 0.15) is 38.2 Å². The molecule has 0 N–H and O–H groups in total. The van der Waals surface area contributed by atoms with Gasteiger partial charge in [-0.25, -0.2) is 0 Å². The van der Waals surface area contributed by atoms with E-state index >= 15 is 0 Å². The van der Waals surface area contributed by atoms with Crippen LogP contribution < -0.4 is 0 Å². The van der Waals surface area contributed by atoms with E-state index in [0.29, 0.717) is 0 Å². The highest BCUT2D eigenvalue weighted by Crippen LogP contribution is 2.30. The average molecular weight is 314 g/mol. The fourth-order valence-corrected chi connectivity index (χ4v) is 3.40. The Morgan fingerprint density at radius 2 is 1.29 bits per heavy atom. The molecule has 0 fully saturated rings. The number of aryl methyl sites for hydroxylation is 4. The monoisotopic (exact) mass is 314 g/mol. The van der Waals surface area contributed by atoms with Crippen LogP contribution in [0.5, 0.6) is 0 Å². The highest BCUT2D eigenvalue weighted by Gasteiger charge is 2.18. The van der Waals surface area contributed by atoms with Gasteiger partial charge in [0, 0.05) is 11.1 Å². The second-order valence-electron chi connectivity index (χ2n) is 6.58. The highest BCUT2D eigenvalue weighted by molar-refractivity contribution is 6.13. The van der Waals surface area contributed by atoms with Gasteiger partial charge in [-0.1, -0.05) is 59.2 Å². The summed E-state index contributed by atoms with van der Waals surface area (Å²) in [5.74, 6) is 0.0902.